The maximum atomic E-state index is 5.00. The van der Waals surface area contributed by atoms with Crippen LogP contribution in [0.2, 0.25) is 0 Å². The average molecular weight is 287 g/mol. The highest BCUT2D eigenvalue weighted by atomic mass is 15.0. The van der Waals surface area contributed by atoms with Gasteiger partial charge in [-0.15, -0.1) is 0 Å². The molecule has 0 aromatic carbocycles. The number of aromatic nitrogens is 2. The van der Waals surface area contributed by atoms with E-state index in [-0.39, 0.29) is 0 Å². The molecule has 0 atom stereocenters. The Morgan fingerprint density at radius 3 is 2.67 bits per heavy atom. The molecule has 116 valence electrons. The van der Waals surface area contributed by atoms with Crippen LogP contribution in [0.25, 0.3) is 0 Å². The highest BCUT2D eigenvalue weighted by molar-refractivity contribution is 5.29. The Morgan fingerprint density at radius 2 is 1.95 bits per heavy atom. The third-order valence-electron chi connectivity index (χ3n) is 5.23. The topological polar surface area (TPSA) is 37.8 Å². The first kappa shape index (κ1) is 15.0. The van der Waals surface area contributed by atoms with Gasteiger partial charge in [-0.25, -0.2) is 9.97 Å². The van der Waals surface area contributed by atoms with E-state index in [2.05, 4.69) is 26.1 Å². The Balaban J connectivity index is 1.87. The van der Waals surface area contributed by atoms with Crippen molar-refractivity contribution in [2.24, 2.45) is 5.41 Å². The van der Waals surface area contributed by atoms with Crippen LogP contribution < -0.4 is 5.32 Å². The lowest BCUT2D eigenvalue weighted by molar-refractivity contribution is 0.220. The third kappa shape index (κ3) is 3.28. The van der Waals surface area contributed by atoms with Crippen molar-refractivity contribution >= 4 is 0 Å². The first-order chi connectivity index (χ1) is 10.1. The zero-order valence-electron chi connectivity index (χ0n) is 13.8. The minimum Gasteiger partial charge on any atom is -0.312 e. The largest absolute Gasteiger partial charge is 0.312 e. The van der Waals surface area contributed by atoms with E-state index in [1.807, 2.05) is 0 Å². The summed E-state index contributed by atoms with van der Waals surface area (Å²) in [5, 5.41) is 3.47. The van der Waals surface area contributed by atoms with Gasteiger partial charge >= 0.3 is 0 Å². The molecule has 21 heavy (non-hydrogen) atoms. The Kier molecular flexibility index (Phi) is 4.30. The second-order valence-corrected chi connectivity index (χ2v) is 7.57. The highest BCUT2D eigenvalue weighted by Crippen LogP contribution is 2.41. The van der Waals surface area contributed by atoms with Gasteiger partial charge in [-0.05, 0) is 37.5 Å². The van der Waals surface area contributed by atoms with Crippen LogP contribution >= 0.6 is 0 Å². The molecular weight excluding hydrogens is 258 g/mol. The lowest BCUT2D eigenvalue weighted by Gasteiger charge is -2.34. The number of aryl methyl sites for hydroxylation is 1. The molecule has 1 aliphatic carbocycles. The Bertz CT molecular complexity index is 497. The predicted octanol–water partition coefficient (Wildman–Crippen LogP) is 3.76. The van der Waals surface area contributed by atoms with Crippen molar-refractivity contribution in [3.8, 4) is 0 Å². The van der Waals surface area contributed by atoms with Gasteiger partial charge in [-0.1, -0.05) is 27.2 Å². The molecule has 1 N–H and O–H groups in total. The van der Waals surface area contributed by atoms with Crippen LogP contribution in [0.5, 0.6) is 0 Å². The molecule has 1 fully saturated rings. The monoisotopic (exact) mass is 287 g/mol. The van der Waals surface area contributed by atoms with Crippen LogP contribution in [-0.2, 0) is 19.4 Å². The van der Waals surface area contributed by atoms with Gasteiger partial charge in [0.2, 0.25) is 0 Å². The number of rotatable bonds is 3. The van der Waals surface area contributed by atoms with E-state index in [4.69, 9.17) is 9.97 Å². The number of nitrogens with one attached hydrogen (secondary N) is 1. The maximum Gasteiger partial charge on any atom is 0.131 e. The van der Waals surface area contributed by atoms with Crippen LogP contribution in [0.3, 0.4) is 0 Å². The molecule has 0 saturated heterocycles. The lowest BCUT2D eigenvalue weighted by Crippen LogP contribution is -2.28. The molecule has 1 aliphatic heterocycles. The van der Waals surface area contributed by atoms with Gasteiger partial charge in [0.05, 0.1) is 5.69 Å². The lowest BCUT2D eigenvalue weighted by atomic mass is 9.73. The molecule has 1 aromatic heterocycles. The van der Waals surface area contributed by atoms with Crippen molar-refractivity contribution in [1.82, 2.24) is 15.3 Å². The summed E-state index contributed by atoms with van der Waals surface area (Å²) in [6.07, 6.45) is 8.47. The van der Waals surface area contributed by atoms with E-state index in [1.165, 1.54) is 49.1 Å². The van der Waals surface area contributed by atoms with Gasteiger partial charge in [0.15, 0.2) is 0 Å². The standard InChI is InChI=1S/C18H29N3/c1-4-5-15-14-12-19-11-8-16(14)21-17(20-15)13-6-9-18(2,3)10-7-13/h13,19H,4-12H2,1-3H3. The Hall–Kier alpha value is -0.960. The molecule has 0 bridgehead atoms. The van der Waals surface area contributed by atoms with Gasteiger partial charge in [0, 0.05) is 36.7 Å². The van der Waals surface area contributed by atoms with E-state index in [9.17, 15) is 0 Å². The zero-order valence-corrected chi connectivity index (χ0v) is 13.8. The number of hydrogen-bond acceptors (Lipinski definition) is 3. The smallest absolute Gasteiger partial charge is 0.131 e. The van der Waals surface area contributed by atoms with Crippen molar-refractivity contribution < 1.29 is 0 Å². The summed E-state index contributed by atoms with van der Waals surface area (Å²) >= 11 is 0. The fourth-order valence-corrected chi connectivity index (χ4v) is 3.72. The molecule has 3 nitrogen and oxygen atoms in total. The normalized spacial score (nSPS) is 22.0. The van der Waals surface area contributed by atoms with Crippen molar-refractivity contribution in [2.75, 3.05) is 6.54 Å². The van der Waals surface area contributed by atoms with E-state index < -0.39 is 0 Å². The molecule has 2 heterocycles. The molecule has 0 radical (unpaired) electrons. The summed E-state index contributed by atoms with van der Waals surface area (Å²) in [5.74, 6) is 1.74. The van der Waals surface area contributed by atoms with E-state index in [0.717, 1.165) is 31.8 Å². The van der Waals surface area contributed by atoms with Crippen molar-refractivity contribution in [2.45, 2.75) is 78.2 Å². The summed E-state index contributed by atoms with van der Waals surface area (Å²) < 4.78 is 0. The van der Waals surface area contributed by atoms with E-state index in [0.29, 0.717) is 11.3 Å². The second kappa shape index (κ2) is 6.04. The molecule has 3 heteroatoms. The van der Waals surface area contributed by atoms with E-state index in [1.54, 1.807) is 0 Å². The molecule has 0 spiro atoms. The van der Waals surface area contributed by atoms with Gasteiger partial charge in [-0.2, -0.15) is 0 Å². The van der Waals surface area contributed by atoms with Crippen LogP contribution in [0, 0.1) is 5.41 Å². The average Bonchev–Trinajstić information content (AvgIpc) is 2.47. The predicted molar refractivity (Wildman–Crippen MR) is 86.4 cm³/mol. The number of nitrogens with zero attached hydrogens (tertiary/aromatic N) is 2. The summed E-state index contributed by atoms with van der Waals surface area (Å²) in [6, 6.07) is 0. The molecule has 1 saturated carbocycles. The second-order valence-electron chi connectivity index (χ2n) is 7.57. The van der Waals surface area contributed by atoms with Gasteiger partial charge < -0.3 is 5.32 Å². The van der Waals surface area contributed by atoms with Crippen molar-refractivity contribution in [3.63, 3.8) is 0 Å². The third-order valence-corrected chi connectivity index (χ3v) is 5.23. The fourth-order valence-electron chi connectivity index (χ4n) is 3.72. The molecule has 0 amide bonds. The molecule has 1 aromatic rings. The summed E-state index contributed by atoms with van der Waals surface area (Å²) in [6.45, 7) is 9.05. The van der Waals surface area contributed by atoms with Crippen LogP contribution in [0.4, 0.5) is 0 Å². The Labute approximate surface area is 129 Å². The maximum absolute atomic E-state index is 5.00. The van der Waals surface area contributed by atoms with E-state index >= 15 is 0 Å². The summed E-state index contributed by atoms with van der Waals surface area (Å²) in [7, 11) is 0. The summed E-state index contributed by atoms with van der Waals surface area (Å²) in [5.41, 5.74) is 4.55. The zero-order chi connectivity index (χ0) is 14.9. The summed E-state index contributed by atoms with van der Waals surface area (Å²) in [4.78, 5) is 9.97. The minimum absolute atomic E-state index is 0.515. The van der Waals surface area contributed by atoms with Crippen LogP contribution in [0.1, 0.15) is 81.6 Å². The molecule has 2 aliphatic rings. The molecule has 0 unspecified atom stereocenters. The van der Waals surface area contributed by atoms with Gasteiger partial charge in [0.25, 0.3) is 0 Å². The molecular formula is C18H29N3. The van der Waals surface area contributed by atoms with Crippen molar-refractivity contribution in [3.05, 3.63) is 22.8 Å². The van der Waals surface area contributed by atoms with Gasteiger partial charge in [-0.3, -0.25) is 0 Å². The first-order valence-electron chi connectivity index (χ1n) is 8.68. The van der Waals surface area contributed by atoms with Crippen LogP contribution in [-0.4, -0.2) is 16.5 Å². The first-order valence-corrected chi connectivity index (χ1v) is 8.68. The highest BCUT2D eigenvalue weighted by Gasteiger charge is 2.30. The fraction of sp³-hybridized carbons (Fsp3) is 0.778. The van der Waals surface area contributed by atoms with Gasteiger partial charge in [0.1, 0.15) is 5.82 Å². The Morgan fingerprint density at radius 1 is 1.19 bits per heavy atom. The quantitative estimate of drug-likeness (QED) is 0.920. The number of hydrogen-bond donors (Lipinski definition) is 1. The SMILES string of the molecule is CCCc1nc(C2CCC(C)(C)CC2)nc2c1CNCC2. The minimum atomic E-state index is 0.515. The van der Waals surface area contributed by atoms with Crippen molar-refractivity contribution in [1.29, 1.82) is 0 Å². The van der Waals surface area contributed by atoms with Crippen LogP contribution in [0.15, 0.2) is 0 Å². The number of fused-ring (bicyclic) bond motifs is 1. The molecule has 3 rings (SSSR count).